The van der Waals surface area contributed by atoms with Gasteiger partial charge >= 0.3 is 0 Å². The van der Waals surface area contributed by atoms with Crippen LogP contribution in [0.15, 0.2) is 59.4 Å². The first-order valence-electron chi connectivity index (χ1n) is 9.05. The predicted molar refractivity (Wildman–Crippen MR) is 108 cm³/mol. The fourth-order valence-electron chi connectivity index (χ4n) is 2.99. The lowest BCUT2D eigenvalue weighted by Gasteiger charge is -2.14. The highest BCUT2D eigenvalue weighted by molar-refractivity contribution is 7.13. The van der Waals surface area contributed by atoms with Crippen molar-refractivity contribution in [3.05, 3.63) is 70.5 Å². The van der Waals surface area contributed by atoms with Gasteiger partial charge in [-0.05, 0) is 43.9 Å². The van der Waals surface area contributed by atoms with Crippen LogP contribution in [0.5, 0.6) is 0 Å². The standard InChI is InChI=1S/C21H24N2O2S/c1-16(13-14-17-8-3-2-4-9-17)22-20(24)12-7-15-23-21(25)18-10-5-6-11-19(18)26-23/h2-6,8-11,16H,7,12-15H2,1H3,(H,22,24)/t16-/m0/s1. The highest BCUT2D eigenvalue weighted by atomic mass is 32.1. The number of rotatable bonds is 8. The van der Waals surface area contributed by atoms with E-state index in [0.29, 0.717) is 19.4 Å². The third kappa shape index (κ3) is 4.82. The Labute approximate surface area is 157 Å². The second kappa shape index (κ2) is 8.81. The van der Waals surface area contributed by atoms with Crippen LogP contribution in [0.1, 0.15) is 31.7 Å². The molecule has 1 amide bonds. The van der Waals surface area contributed by atoms with Crippen molar-refractivity contribution in [3.63, 3.8) is 0 Å². The van der Waals surface area contributed by atoms with Crippen molar-refractivity contribution in [1.82, 2.24) is 9.27 Å². The molecule has 1 atom stereocenters. The van der Waals surface area contributed by atoms with Gasteiger partial charge in [0.15, 0.2) is 0 Å². The van der Waals surface area contributed by atoms with Gasteiger partial charge in [0, 0.05) is 19.0 Å². The Balaban J connectivity index is 1.42. The monoisotopic (exact) mass is 368 g/mol. The molecule has 26 heavy (non-hydrogen) atoms. The molecule has 5 heteroatoms. The van der Waals surface area contributed by atoms with E-state index in [4.69, 9.17) is 0 Å². The zero-order chi connectivity index (χ0) is 18.4. The summed E-state index contributed by atoms with van der Waals surface area (Å²) in [4.78, 5) is 24.4. The molecular formula is C21H24N2O2S. The van der Waals surface area contributed by atoms with Crippen LogP contribution < -0.4 is 10.9 Å². The molecule has 0 spiro atoms. The molecule has 1 aromatic heterocycles. The van der Waals surface area contributed by atoms with Crippen LogP contribution >= 0.6 is 11.5 Å². The smallest absolute Gasteiger partial charge is 0.268 e. The summed E-state index contributed by atoms with van der Waals surface area (Å²) in [7, 11) is 0. The molecule has 3 rings (SSSR count). The Kier molecular flexibility index (Phi) is 6.23. The third-order valence-corrected chi connectivity index (χ3v) is 5.56. The Morgan fingerprint density at radius 2 is 1.85 bits per heavy atom. The van der Waals surface area contributed by atoms with E-state index in [1.807, 2.05) is 49.4 Å². The first kappa shape index (κ1) is 18.4. The van der Waals surface area contributed by atoms with Crippen molar-refractivity contribution >= 4 is 27.5 Å². The first-order chi connectivity index (χ1) is 12.6. The van der Waals surface area contributed by atoms with Gasteiger partial charge in [-0.2, -0.15) is 0 Å². The van der Waals surface area contributed by atoms with E-state index in [0.717, 1.165) is 22.9 Å². The molecule has 136 valence electrons. The van der Waals surface area contributed by atoms with E-state index in [9.17, 15) is 9.59 Å². The summed E-state index contributed by atoms with van der Waals surface area (Å²) in [6.07, 6.45) is 2.99. The number of benzene rings is 2. The van der Waals surface area contributed by atoms with Crippen LogP contribution in [-0.4, -0.2) is 15.9 Å². The molecule has 0 bridgehead atoms. The van der Waals surface area contributed by atoms with Crippen LogP contribution in [0.3, 0.4) is 0 Å². The largest absolute Gasteiger partial charge is 0.354 e. The quantitative estimate of drug-likeness (QED) is 0.654. The molecule has 0 saturated carbocycles. The minimum absolute atomic E-state index is 0.0437. The minimum Gasteiger partial charge on any atom is -0.354 e. The lowest BCUT2D eigenvalue weighted by atomic mass is 10.1. The number of hydrogen-bond donors (Lipinski definition) is 1. The third-order valence-electron chi connectivity index (χ3n) is 4.43. The van der Waals surface area contributed by atoms with E-state index in [-0.39, 0.29) is 17.5 Å². The van der Waals surface area contributed by atoms with Crippen molar-refractivity contribution in [1.29, 1.82) is 0 Å². The molecule has 1 heterocycles. The van der Waals surface area contributed by atoms with Gasteiger partial charge in [-0.1, -0.05) is 54.0 Å². The highest BCUT2D eigenvalue weighted by Gasteiger charge is 2.10. The Morgan fingerprint density at radius 3 is 2.62 bits per heavy atom. The predicted octanol–water partition coefficient (Wildman–Crippen LogP) is 3.98. The maximum atomic E-state index is 12.3. The zero-order valence-electron chi connectivity index (χ0n) is 15.0. The van der Waals surface area contributed by atoms with Crippen LogP contribution in [0.4, 0.5) is 0 Å². The van der Waals surface area contributed by atoms with E-state index in [2.05, 4.69) is 17.4 Å². The molecular weight excluding hydrogens is 344 g/mol. The average molecular weight is 369 g/mol. The van der Waals surface area contributed by atoms with Gasteiger partial charge in [0.1, 0.15) is 0 Å². The van der Waals surface area contributed by atoms with Crippen LogP contribution in [0.2, 0.25) is 0 Å². The molecule has 2 aromatic carbocycles. The Morgan fingerprint density at radius 1 is 1.12 bits per heavy atom. The summed E-state index contributed by atoms with van der Waals surface area (Å²) in [5, 5.41) is 3.82. The Bertz CT molecular complexity index is 914. The number of carbonyl (C=O) groups excluding carboxylic acids is 1. The number of nitrogens with zero attached hydrogens (tertiary/aromatic N) is 1. The van der Waals surface area contributed by atoms with E-state index >= 15 is 0 Å². The van der Waals surface area contributed by atoms with Crippen molar-refractivity contribution in [3.8, 4) is 0 Å². The van der Waals surface area contributed by atoms with Gasteiger partial charge in [0.25, 0.3) is 5.56 Å². The number of aromatic nitrogens is 1. The number of nitrogens with one attached hydrogen (secondary N) is 1. The number of aryl methyl sites for hydroxylation is 2. The fraction of sp³-hybridized carbons (Fsp3) is 0.333. The average Bonchev–Trinajstić information content (AvgIpc) is 2.97. The van der Waals surface area contributed by atoms with Gasteiger partial charge in [-0.15, -0.1) is 0 Å². The van der Waals surface area contributed by atoms with E-state index < -0.39 is 0 Å². The molecule has 4 nitrogen and oxygen atoms in total. The normalized spacial score (nSPS) is 12.2. The zero-order valence-corrected chi connectivity index (χ0v) is 15.8. The van der Waals surface area contributed by atoms with Gasteiger partial charge in [0.05, 0.1) is 10.1 Å². The van der Waals surface area contributed by atoms with Gasteiger partial charge in [-0.3, -0.25) is 13.5 Å². The summed E-state index contributed by atoms with van der Waals surface area (Å²) >= 11 is 1.47. The molecule has 1 N–H and O–H groups in total. The van der Waals surface area contributed by atoms with Crippen LogP contribution in [0.25, 0.3) is 10.1 Å². The van der Waals surface area contributed by atoms with Crippen LogP contribution in [-0.2, 0) is 17.8 Å². The highest BCUT2D eigenvalue weighted by Crippen LogP contribution is 2.16. The van der Waals surface area contributed by atoms with Gasteiger partial charge in [-0.25, -0.2) is 0 Å². The second-order valence-electron chi connectivity index (χ2n) is 6.59. The number of carbonyl (C=O) groups is 1. The number of hydrogen-bond acceptors (Lipinski definition) is 3. The summed E-state index contributed by atoms with van der Waals surface area (Å²) in [6, 6.07) is 18.1. The van der Waals surface area contributed by atoms with Crippen molar-refractivity contribution in [2.24, 2.45) is 0 Å². The van der Waals surface area contributed by atoms with Crippen LogP contribution in [0, 0.1) is 0 Å². The van der Waals surface area contributed by atoms with Crippen molar-refractivity contribution < 1.29 is 4.79 Å². The SMILES string of the molecule is C[C@@H](CCc1ccccc1)NC(=O)CCCn1sc2ccccc2c1=O. The Hall–Kier alpha value is -2.40. The topological polar surface area (TPSA) is 51.1 Å². The van der Waals surface area contributed by atoms with E-state index in [1.165, 1.54) is 17.1 Å². The fourth-order valence-corrected chi connectivity index (χ4v) is 4.03. The lowest BCUT2D eigenvalue weighted by Crippen LogP contribution is -2.32. The molecule has 0 aliphatic rings. The molecule has 0 aliphatic carbocycles. The van der Waals surface area contributed by atoms with Gasteiger partial charge in [0.2, 0.25) is 5.91 Å². The molecule has 0 saturated heterocycles. The number of amides is 1. The molecule has 0 unspecified atom stereocenters. The summed E-state index contributed by atoms with van der Waals surface area (Å²) < 4.78 is 2.74. The summed E-state index contributed by atoms with van der Waals surface area (Å²) in [5.41, 5.74) is 1.33. The molecule has 0 aliphatic heterocycles. The van der Waals surface area contributed by atoms with Crippen molar-refractivity contribution in [2.75, 3.05) is 0 Å². The molecule has 0 radical (unpaired) electrons. The lowest BCUT2D eigenvalue weighted by molar-refractivity contribution is -0.121. The van der Waals surface area contributed by atoms with Gasteiger partial charge < -0.3 is 5.32 Å². The second-order valence-corrected chi connectivity index (χ2v) is 7.65. The minimum atomic E-state index is 0.0437. The molecule has 3 aromatic rings. The maximum absolute atomic E-state index is 12.3. The first-order valence-corrected chi connectivity index (χ1v) is 9.83. The molecule has 0 fully saturated rings. The maximum Gasteiger partial charge on any atom is 0.268 e. The number of fused-ring (bicyclic) bond motifs is 1. The summed E-state index contributed by atoms with van der Waals surface area (Å²) in [5.74, 6) is 0.0553. The summed E-state index contributed by atoms with van der Waals surface area (Å²) in [6.45, 7) is 2.63. The van der Waals surface area contributed by atoms with Crippen molar-refractivity contribution in [2.45, 2.75) is 45.2 Å². The van der Waals surface area contributed by atoms with E-state index in [1.54, 1.807) is 3.96 Å².